The molecule has 0 aliphatic carbocycles. The molecule has 0 rings (SSSR count). The first-order valence-corrected chi connectivity index (χ1v) is 3.96. The van der Waals surface area contributed by atoms with Gasteiger partial charge in [0.2, 0.25) is 5.91 Å². The summed E-state index contributed by atoms with van der Waals surface area (Å²) in [5, 5.41) is 12.7. The Labute approximate surface area is 86.0 Å². The Morgan fingerprint density at radius 3 is 2.47 bits per heavy atom. The molecule has 0 radical (unpaired) electrons. The van der Waals surface area contributed by atoms with Crippen LogP contribution in [0, 0.1) is 12.3 Å². The largest absolute Gasteiger partial charge is 0.480 e. The molecule has 0 saturated carbocycles. The Morgan fingerprint density at radius 2 is 2.07 bits per heavy atom. The number of amides is 3. The summed E-state index contributed by atoms with van der Waals surface area (Å²) < 4.78 is 0. The number of carbonyl (C=O) groups is 3. The van der Waals surface area contributed by atoms with Crippen molar-refractivity contribution < 1.29 is 19.5 Å². The minimum absolute atomic E-state index is 0.140. The molecule has 15 heavy (non-hydrogen) atoms. The number of carboxylic acid groups (broad SMARTS) is 1. The highest BCUT2D eigenvalue weighted by Gasteiger charge is 2.18. The van der Waals surface area contributed by atoms with Gasteiger partial charge in [-0.25, -0.2) is 9.59 Å². The van der Waals surface area contributed by atoms with Crippen molar-refractivity contribution in [3.05, 3.63) is 0 Å². The molecule has 0 bridgehead atoms. The van der Waals surface area contributed by atoms with Gasteiger partial charge in [-0.15, -0.1) is 12.3 Å². The van der Waals surface area contributed by atoms with Crippen LogP contribution >= 0.6 is 0 Å². The molecule has 0 aromatic rings. The van der Waals surface area contributed by atoms with E-state index < -0.39 is 23.9 Å². The number of terminal acetylenes is 1. The van der Waals surface area contributed by atoms with E-state index in [4.69, 9.17) is 17.3 Å². The molecular formula is C8H11N3O4. The molecule has 0 aliphatic rings. The second-order valence-electron chi connectivity index (χ2n) is 2.59. The first-order valence-electron chi connectivity index (χ1n) is 3.96. The third-order valence-corrected chi connectivity index (χ3v) is 1.35. The summed E-state index contributed by atoms with van der Waals surface area (Å²) in [4.78, 5) is 31.8. The van der Waals surface area contributed by atoms with Crippen molar-refractivity contribution >= 4 is 17.9 Å². The van der Waals surface area contributed by atoms with Crippen LogP contribution in [0.3, 0.4) is 0 Å². The molecule has 0 heterocycles. The van der Waals surface area contributed by atoms with Crippen molar-refractivity contribution in [1.29, 1.82) is 0 Å². The molecule has 0 spiro atoms. The Morgan fingerprint density at radius 1 is 1.47 bits per heavy atom. The van der Waals surface area contributed by atoms with Crippen molar-refractivity contribution in [1.82, 2.24) is 10.6 Å². The highest BCUT2D eigenvalue weighted by Crippen LogP contribution is 1.90. The molecule has 0 fully saturated rings. The van der Waals surface area contributed by atoms with Crippen molar-refractivity contribution in [2.45, 2.75) is 12.5 Å². The van der Waals surface area contributed by atoms with Gasteiger partial charge in [-0.1, -0.05) is 0 Å². The van der Waals surface area contributed by atoms with Crippen LogP contribution in [-0.4, -0.2) is 35.6 Å². The van der Waals surface area contributed by atoms with E-state index in [1.807, 2.05) is 0 Å². The van der Waals surface area contributed by atoms with E-state index in [1.165, 1.54) is 0 Å². The van der Waals surface area contributed by atoms with E-state index in [9.17, 15) is 14.4 Å². The van der Waals surface area contributed by atoms with Crippen molar-refractivity contribution in [2.75, 3.05) is 6.54 Å². The number of aliphatic carboxylic acids is 1. The maximum Gasteiger partial charge on any atom is 0.327 e. The molecule has 1 unspecified atom stereocenters. The Kier molecular flexibility index (Phi) is 5.33. The molecule has 0 aliphatic heterocycles. The highest BCUT2D eigenvalue weighted by atomic mass is 16.4. The zero-order chi connectivity index (χ0) is 11.8. The lowest BCUT2D eigenvalue weighted by Gasteiger charge is -2.11. The van der Waals surface area contributed by atoms with Crippen molar-refractivity contribution in [3.8, 4) is 12.3 Å². The maximum atomic E-state index is 11.0. The van der Waals surface area contributed by atoms with Crippen LogP contribution in [0.25, 0.3) is 0 Å². The van der Waals surface area contributed by atoms with E-state index in [0.29, 0.717) is 0 Å². The summed E-state index contributed by atoms with van der Waals surface area (Å²) >= 11 is 0. The predicted octanol–water partition coefficient (Wildman–Crippen LogP) is -1.75. The lowest BCUT2D eigenvalue weighted by molar-refractivity contribution is -0.139. The molecule has 0 saturated heterocycles. The lowest BCUT2D eigenvalue weighted by Crippen LogP contribution is -2.47. The maximum absolute atomic E-state index is 11.0. The minimum Gasteiger partial charge on any atom is -0.480 e. The second-order valence-corrected chi connectivity index (χ2v) is 2.59. The minimum atomic E-state index is -1.25. The number of rotatable bonds is 5. The number of urea groups is 1. The summed E-state index contributed by atoms with van der Waals surface area (Å²) in [7, 11) is 0. The monoisotopic (exact) mass is 213 g/mol. The summed E-state index contributed by atoms with van der Waals surface area (Å²) in [5.74, 6) is 0.129. The van der Waals surface area contributed by atoms with Gasteiger partial charge in [-0.05, 0) is 0 Å². The molecule has 7 nitrogen and oxygen atoms in total. The van der Waals surface area contributed by atoms with Gasteiger partial charge >= 0.3 is 12.0 Å². The number of nitrogens with one attached hydrogen (secondary N) is 2. The van der Waals surface area contributed by atoms with E-state index >= 15 is 0 Å². The topological polar surface area (TPSA) is 122 Å². The average Bonchev–Trinajstić information content (AvgIpc) is 2.14. The van der Waals surface area contributed by atoms with Gasteiger partial charge in [0.05, 0.1) is 6.54 Å². The van der Waals surface area contributed by atoms with Crippen LogP contribution in [0.2, 0.25) is 0 Å². The van der Waals surface area contributed by atoms with E-state index in [2.05, 4.69) is 16.6 Å². The number of carbonyl (C=O) groups excluding carboxylic acids is 2. The zero-order valence-electron chi connectivity index (χ0n) is 7.82. The fourth-order valence-corrected chi connectivity index (χ4v) is 0.695. The summed E-state index contributed by atoms with van der Waals surface area (Å²) in [6, 6.07) is -1.99. The third kappa shape index (κ3) is 5.93. The summed E-state index contributed by atoms with van der Waals surface area (Å²) in [5.41, 5.74) is 4.76. The van der Waals surface area contributed by atoms with Gasteiger partial charge < -0.3 is 21.5 Å². The standard InChI is InChI=1S/C8H11N3O4/c1-2-3-5(7(13)14)11-8(15)10-4-6(9)12/h1,5H,3-4H2,(H2,9,12)(H,13,14)(H2,10,11,15). The van der Waals surface area contributed by atoms with Gasteiger partial charge in [0.15, 0.2) is 0 Å². The van der Waals surface area contributed by atoms with Crippen LogP contribution in [0.1, 0.15) is 6.42 Å². The van der Waals surface area contributed by atoms with Crippen LogP contribution in [0.15, 0.2) is 0 Å². The number of primary amides is 1. The molecule has 1 atom stereocenters. The quantitative estimate of drug-likeness (QED) is 0.404. The zero-order valence-corrected chi connectivity index (χ0v) is 7.82. The van der Waals surface area contributed by atoms with E-state index in [-0.39, 0.29) is 13.0 Å². The van der Waals surface area contributed by atoms with Crippen LogP contribution < -0.4 is 16.4 Å². The molecular weight excluding hydrogens is 202 g/mol. The van der Waals surface area contributed by atoms with Gasteiger partial charge in [0, 0.05) is 6.42 Å². The van der Waals surface area contributed by atoms with Gasteiger partial charge in [0.25, 0.3) is 0 Å². The van der Waals surface area contributed by atoms with Crippen molar-refractivity contribution in [2.24, 2.45) is 5.73 Å². The first kappa shape index (κ1) is 12.8. The van der Waals surface area contributed by atoms with Gasteiger partial charge in [0.1, 0.15) is 6.04 Å². The molecule has 7 heteroatoms. The van der Waals surface area contributed by atoms with E-state index in [0.717, 1.165) is 0 Å². The number of hydrogen-bond donors (Lipinski definition) is 4. The van der Waals surface area contributed by atoms with Gasteiger partial charge in [-0.2, -0.15) is 0 Å². The Bertz CT molecular complexity index is 307. The molecule has 5 N–H and O–H groups in total. The Balaban J connectivity index is 4.07. The normalized spacial score (nSPS) is 10.9. The molecule has 0 aromatic carbocycles. The molecule has 0 aromatic heterocycles. The Hall–Kier alpha value is -2.23. The number of carboxylic acids is 1. The highest BCUT2D eigenvalue weighted by molar-refractivity contribution is 5.86. The SMILES string of the molecule is C#CCC(NC(=O)NCC(N)=O)C(=O)O. The predicted molar refractivity (Wildman–Crippen MR) is 50.6 cm³/mol. The number of nitrogens with two attached hydrogens (primary N) is 1. The summed E-state index contributed by atoms with van der Waals surface area (Å²) in [6.07, 6.45) is 4.77. The number of hydrogen-bond acceptors (Lipinski definition) is 3. The van der Waals surface area contributed by atoms with Crippen LogP contribution in [-0.2, 0) is 9.59 Å². The van der Waals surface area contributed by atoms with Gasteiger partial charge in [-0.3, -0.25) is 4.79 Å². The third-order valence-electron chi connectivity index (χ3n) is 1.35. The van der Waals surface area contributed by atoms with Crippen molar-refractivity contribution in [3.63, 3.8) is 0 Å². The molecule has 82 valence electrons. The fourth-order valence-electron chi connectivity index (χ4n) is 0.695. The van der Waals surface area contributed by atoms with Crippen LogP contribution in [0.5, 0.6) is 0 Å². The smallest absolute Gasteiger partial charge is 0.327 e. The van der Waals surface area contributed by atoms with Crippen LogP contribution in [0.4, 0.5) is 4.79 Å². The first-order chi connectivity index (χ1) is 6.97. The summed E-state index contributed by atoms with van der Waals surface area (Å²) in [6.45, 7) is -0.367. The van der Waals surface area contributed by atoms with E-state index in [1.54, 1.807) is 0 Å². The average molecular weight is 213 g/mol. The second kappa shape index (κ2) is 6.26. The lowest BCUT2D eigenvalue weighted by atomic mass is 10.2. The fraction of sp³-hybridized carbons (Fsp3) is 0.375. The molecule has 3 amide bonds.